The summed E-state index contributed by atoms with van der Waals surface area (Å²) < 4.78 is 0.958. The van der Waals surface area contributed by atoms with Gasteiger partial charge in [0.1, 0.15) is 4.32 Å². The van der Waals surface area contributed by atoms with Crippen LogP contribution in [0.25, 0.3) is 0 Å². The summed E-state index contributed by atoms with van der Waals surface area (Å²) in [4.78, 5) is 2.09. The molecule has 0 spiro atoms. The number of thiocarbonyl (C=S) groups is 1. The molecule has 1 aromatic carbocycles. The van der Waals surface area contributed by atoms with Crippen molar-refractivity contribution in [2.45, 2.75) is 38.4 Å². The maximum Gasteiger partial charge on any atom is 0.140 e. The van der Waals surface area contributed by atoms with Crippen molar-refractivity contribution in [1.29, 1.82) is 0 Å². The van der Waals surface area contributed by atoms with Gasteiger partial charge < -0.3 is 4.90 Å². The summed E-state index contributed by atoms with van der Waals surface area (Å²) in [6.45, 7) is 4.48. The smallest absolute Gasteiger partial charge is 0.140 e. The third-order valence-electron chi connectivity index (χ3n) is 2.68. The van der Waals surface area contributed by atoms with E-state index in [0.29, 0.717) is 5.25 Å². The molecular weight excluding hydrogens is 246 g/mol. The number of benzene rings is 1. The van der Waals surface area contributed by atoms with Gasteiger partial charge in [0.05, 0.1) is 0 Å². The topological polar surface area (TPSA) is 3.24 Å². The van der Waals surface area contributed by atoms with Crippen molar-refractivity contribution in [3.8, 4) is 0 Å². The van der Waals surface area contributed by atoms with Crippen LogP contribution in [0.15, 0.2) is 30.3 Å². The number of unbranched alkanes of at least 4 members (excludes halogenated alkanes) is 1. The van der Waals surface area contributed by atoms with E-state index in [-0.39, 0.29) is 0 Å². The van der Waals surface area contributed by atoms with Gasteiger partial charge in [0.25, 0.3) is 0 Å². The molecule has 0 aliphatic heterocycles. The van der Waals surface area contributed by atoms with Crippen molar-refractivity contribution in [3.63, 3.8) is 0 Å². The molecule has 17 heavy (non-hydrogen) atoms. The van der Waals surface area contributed by atoms with Gasteiger partial charge >= 0.3 is 0 Å². The van der Waals surface area contributed by atoms with Crippen molar-refractivity contribution in [3.05, 3.63) is 30.3 Å². The third kappa shape index (κ3) is 5.09. The Bertz CT molecular complexity index is 337. The molecule has 0 radical (unpaired) electrons. The molecule has 1 nitrogen and oxygen atoms in total. The van der Waals surface area contributed by atoms with E-state index in [1.54, 1.807) is 11.8 Å². The average Bonchev–Trinajstić information content (AvgIpc) is 2.36. The first kappa shape index (κ1) is 14.5. The number of anilines is 1. The summed E-state index contributed by atoms with van der Waals surface area (Å²) in [5, 5.41) is 0.605. The third-order valence-corrected chi connectivity index (χ3v) is 4.36. The van der Waals surface area contributed by atoms with Crippen LogP contribution in [0.4, 0.5) is 5.69 Å². The lowest BCUT2D eigenvalue weighted by Gasteiger charge is -2.21. The molecule has 0 saturated carbocycles. The molecular formula is C14H21NS2. The van der Waals surface area contributed by atoms with Crippen LogP contribution in [0.5, 0.6) is 0 Å². The second-order valence-electron chi connectivity index (χ2n) is 4.23. The minimum absolute atomic E-state index is 0.605. The second kappa shape index (κ2) is 7.72. The van der Waals surface area contributed by atoms with Gasteiger partial charge in [0, 0.05) is 18.0 Å². The molecule has 0 heterocycles. The highest BCUT2D eigenvalue weighted by Crippen LogP contribution is 2.23. The summed E-state index contributed by atoms with van der Waals surface area (Å²) in [6.07, 6.45) is 3.78. The van der Waals surface area contributed by atoms with Crippen molar-refractivity contribution in [1.82, 2.24) is 0 Å². The van der Waals surface area contributed by atoms with Crippen LogP contribution in [0.3, 0.4) is 0 Å². The number of hydrogen-bond acceptors (Lipinski definition) is 2. The minimum atomic E-state index is 0.605. The molecule has 3 heteroatoms. The zero-order valence-electron chi connectivity index (χ0n) is 10.8. The summed E-state index contributed by atoms with van der Waals surface area (Å²) in [7, 11) is 2.04. The van der Waals surface area contributed by atoms with E-state index < -0.39 is 0 Å². The standard InChI is InChI=1S/C14H21NS2/c1-4-5-9-12(2)17-14(16)15(3)13-10-7-6-8-11-13/h6-8,10-12H,4-5,9H2,1-3H3. The Morgan fingerprint density at radius 2 is 2.00 bits per heavy atom. The maximum absolute atomic E-state index is 5.47. The van der Waals surface area contributed by atoms with Gasteiger partial charge in [-0.3, -0.25) is 0 Å². The fraction of sp³-hybridized carbons (Fsp3) is 0.500. The summed E-state index contributed by atoms with van der Waals surface area (Å²) in [5.74, 6) is 0. The van der Waals surface area contributed by atoms with Crippen LogP contribution in [-0.2, 0) is 0 Å². The van der Waals surface area contributed by atoms with E-state index in [0.717, 1.165) is 10.0 Å². The molecule has 1 rings (SSSR count). The number of rotatable bonds is 5. The molecule has 0 fully saturated rings. The van der Waals surface area contributed by atoms with E-state index in [1.165, 1.54) is 19.3 Å². The SMILES string of the molecule is CCCCC(C)SC(=S)N(C)c1ccccc1. The zero-order chi connectivity index (χ0) is 12.7. The van der Waals surface area contributed by atoms with Gasteiger partial charge in [-0.05, 0) is 18.6 Å². The Balaban J connectivity index is 2.47. The molecule has 0 bridgehead atoms. The number of thioether (sulfide) groups is 1. The summed E-state index contributed by atoms with van der Waals surface area (Å²) >= 11 is 7.27. The maximum atomic E-state index is 5.47. The highest BCUT2D eigenvalue weighted by atomic mass is 32.2. The monoisotopic (exact) mass is 267 g/mol. The fourth-order valence-electron chi connectivity index (χ4n) is 1.56. The Morgan fingerprint density at radius 3 is 2.59 bits per heavy atom. The van der Waals surface area contributed by atoms with Crippen molar-refractivity contribution in [2.75, 3.05) is 11.9 Å². The van der Waals surface area contributed by atoms with Gasteiger partial charge in [-0.1, -0.05) is 68.9 Å². The van der Waals surface area contributed by atoms with Gasteiger partial charge in [-0.15, -0.1) is 0 Å². The Labute approximate surface area is 115 Å². The molecule has 0 aliphatic carbocycles. The predicted molar refractivity (Wildman–Crippen MR) is 84.0 cm³/mol. The van der Waals surface area contributed by atoms with Gasteiger partial charge in [0.15, 0.2) is 0 Å². The molecule has 0 aromatic heterocycles. The minimum Gasteiger partial charge on any atom is -0.330 e. The van der Waals surface area contributed by atoms with Crippen LogP contribution in [0.2, 0.25) is 0 Å². The Morgan fingerprint density at radius 1 is 1.35 bits per heavy atom. The highest BCUT2D eigenvalue weighted by Gasteiger charge is 2.11. The number of para-hydroxylation sites is 1. The van der Waals surface area contributed by atoms with Crippen molar-refractivity contribution in [2.24, 2.45) is 0 Å². The molecule has 1 aromatic rings. The predicted octanol–water partition coefficient (Wildman–Crippen LogP) is 4.72. The molecule has 1 atom stereocenters. The van der Waals surface area contributed by atoms with Gasteiger partial charge in [-0.25, -0.2) is 0 Å². The first-order chi connectivity index (χ1) is 8.15. The van der Waals surface area contributed by atoms with Crippen LogP contribution in [0.1, 0.15) is 33.1 Å². The zero-order valence-corrected chi connectivity index (χ0v) is 12.5. The normalized spacial score (nSPS) is 12.2. The first-order valence-electron chi connectivity index (χ1n) is 6.14. The van der Waals surface area contributed by atoms with Crippen LogP contribution < -0.4 is 4.90 Å². The van der Waals surface area contributed by atoms with E-state index >= 15 is 0 Å². The van der Waals surface area contributed by atoms with Gasteiger partial charge in [-0.2, -0.15) is 0 Å². The van der Waals surface area contributed by atoms with Crippen molar-refractivity contribution >= 4 is 34.0 Å². The Hall–Kier alpha value is -0.540. The molecule has 0 aliphatic rings. The van der Waals surface area contributed by atoms with Crippen LogP contribution in [-0.4, -0.2) is 16.6 Å². The van der Waals surface area contributed by atoms with Gasteiger partial charge in [0.2, 0.25) is 0 Å². The largest absolute Gasteiger partial charge is 0.330 e. The summed E-state index contributed by atoms with van der Waals surface area (Å²) in [6, 6.07) is 10.3. The lowest BCUT2D eigenvalue weighted by atomic mass is 10.2. The molecule has 0 amide bonds. The fourth-order valence-corrected chi connectivity index (χ4v) is 3.05. The lowest BCUT2D eigenvalue weighted by Crippen LogP contribution is -2.23. The molecule has 0 N–H and O–H groups in total. The summed E-state index contributed by atoms with van der Waals surface area (Å²) in [5.41, 5.74) is 1.16. The van der Waals surface area contributed by atoms with Crippen LogP contribution in [0, 0.1) is 0 Å². The quantitative estimate of drug-likeness (QED) is 0.711. The lowest BCUT2D eigenvalue weighted by molar-refractivity contribution is 0.715. The van der Waals surface area contributed by atoms with E-state index in [4.69, 9.17) is 12.2 Å². The number of hydrogen-bond donors (Lipinski definition) is 0. The van der Waals surface area contributed by atoms with Crippen LogP contribution >= 0.6 is 24.0 Å². The van der Waals surface area contributed by atoms with E-state index in [1.807, 2.05) is 25.2 Å². The second-order valence-corrected chi connectivity index (χ2v) is 6.30. The van der Waals surface area contributed by atoms with E-state index in [9.17, 15) is 0 Å². The molecule has 1 unspecified atom stereocenters. The van der Waals surface area contributed by atoms with Crippen molar-refractivity contribution < 1.29 is 0 Å². The first-order valence-corrected chi connectivity index (χ1v) is 7.43. The number of nitrogens with zero attached hydrogens (tertiary/aromatic N) is 1. The van der Waals surface area contributed by atoms with E-state index in [2.05, 4.69) is 30.9 Å². The molecule has 94 valence electrons. The highest BCUT2D eigenvalue weighted by molar-refractivity contribution is 8.23. The Kier molecular flexibility index (Phi) is 6.60. The average molecular weight is 267 g/mol. The molecule has 0 saturated heterocycles.